The zero-order valence-corrected chi connectivity index (χ0v) is 16.8. The molecule has 0 unspecified atom stereocenters. The fraction of sp³-hybridized carbons (Fsp3) is 0.167. The molecule has 1 N–H and O–H groups in total. The molecule has 0 aliphatic rings. The van der Waals surface area contributed by atoms with Gasteiger partial charge in [0, 0.05) is 10.6 Å². The van der Waals surface area contributed by atoms with Crippen LogP contribution < -0.4 is 10.2 Å². The second-order valence-electron chi connectivity index (χ2n) is 4.99. The van der Waals surface area contributed by atoms with E-state index in [1.807, 2.05) is 6.07 Å². The number of halogens is 2. The number of carbonyl (C=O) groups is 2. The van der Waals surface area contributed by atoms with E-state index in [1.165, 1.54) is 6.21 Å². The molecule has 0 radical (unpaired) electrons. The third-order valence-corrected chi connectivity index (χ3v) is 4.19. The van der Waals surface area contributed by atoms with E-state index in [0.29, 0.717) is 22.9 Å². The highest BCUT2D eigenvalue weighted by molar-refractivity contribution is 14.1. The van der Waals surface area contributed by atoms with Crippen molar-refractivity contribution in [1.29, 1.82) is 0 Å². The summed E-state index contributed by atoms with van der Waals surface area (Å²) in [6, 6.07) is 11.8. The summed E-state index contributed by atoms with van der Waals surface area (Å²) < 4.78 is 11.0. The van der Waals surface area contributed by atoms with Crippen LogP contribution in [0.1, 0.15) is 22.8 Å². The number of hydrazone groups is 1. The SMILES string of the molecule is CCOC(=O)COc1ccc(/C=N\NC(=O)c2ccc(Cl)cc2)cc1I. The maximum Gasteiger partial charge on any atom is 0.344 e. The third kappa shape index (κ3) is 6.30. The molecule has 0 saturated carbocycles. The Morgan fingerprint density at radius 1 is 1.23 bits per heavy atom. The van der Waals surface area contributed by atoms with E-state index < -0.39 is 5.97 Å². The van der Waals surface area contributed by atoms with E-state index in [-0.39, 0.29) is 12.5 Å². The molecular formula is C18H16ClIN2O4. The van der Waals surface area contributed by atoms with Crippen LogP contribution in [0, 0.1) is 3.57 Å². The second kappa shape index (κ2) is 10.1. The van der Waals surface area contributed by atoms with Crippen molar-refractivity contribution in [3.05, 3.63) is 62.2 Å². The number of ether oxygens (including phenoxy) is 2. The Hall–Kier alpha value is -2.13. The quantitative estimate of drug-likeness (QED) is 0.281. The molecule has 2 aromatic rings. The highest BCUT2D eigenvalue weighted by Gasteiger charge is 2.07. The van der Waals surface area contributed by atoms with Crippen molar-refractivity contribution >= 4 is 52.3 Å². The first-order chi connectivity index (χ1) is 12.5. The maximum atomic E-state index is 11.9. The van der Waals surface area contributed by atoms with Crippen molar-refractivity contribution in [2.24, 2.45) is 5.10 Å². The topological polar surface area (TPSA) is 77.0 Å². The Balaban J connectivity index is 1.92. The van der Waals surface area contributed by atoms with Crippen LogP contribution in [0.3, 0.4) is 0 Å². The first kappa shape index (κ1) is 20.2. The number of rotatable bonds is 7. The molecule has 0 fully saturated rings. The van der Waals surface area contributed by atoms with Gasteiger partial charge in [0.2, 0.25) is 0 Å². The minimum Gasteiger partial charge on any atom is -0.481 e. The van der Waals surface area contributed by atoms with Crippen LogP contribution in [-0.4, -0.2) is 31.3 Å². The molecule has 0 aliphatic heterocycles. The Kier molecular flexibility index (Phi) is 7.86. The molecule has 6 nitrogen and oxygen atoms in total. The summed E-state index contributed by atoms with van der Waals surface area (Å²) in [5, 5.41) is 4.49. The van der Waals surface area contributed by atoms with Gasteiger partial charge in [-0.15, -0.1) is 0 Å². The van der Waals surface area contributed by atoms with Crippen molar-refractivity contribution in [3.8, 4) is 5.75 Å². The van der Waals surface area contributed by atoms with Gasteiger partial charge in [0.15, 0.2) is 6.61 Å². The first-order valence-electron chi connectivity index (χ1n) is 7.66. The van der Waals surface area contributed by atoms with Gasteiger partial charge in [0.1, 0.15) is 5.75 Å². The molecule has 0 spiro atoms. The largest absolute Gasteiger partial charge is 0.481 e. The molecule has 2 aromatic carbocycles. The van der Waals surface area contributed by atoms with E-state index in [0.717, 1.165) is 9.13 Å². The van der Waals surface area contributed by atoms with Gasteiger partial charge in [-0.05, 0) is 77.5 Å². The average molecular weight is 487 g/mol. The predicted molar refractivity (Wildman–Crippen MR) is 108 cm³/mol. The van der Waals surface area contributed by atoms with Gasteiger partial charge in [-0.1, -0.05) is 11.6 Å². The molecule has 136 valence electrons. The van der Waals surface area contributed by atoms with Crippen molar-refractivity contribution < 1.29 is 19.1 Å². The van der Waals surface area contributed by atoms with Crippen molar-refractivity contribution in [3.63, 3.8) is 0 Å². The highest BCUT2D eigenvalue weighted by Crippen LogP contribution is 2.21. The van der Waals surface area contributed by atoms with Crippen molar-refractivity contribution in [2.45, 2.75) is 6.92 Å². The number of hydrogen-bond acceptors (Lipinski definition) is 5. The summed E-state index contributed by atoms with van der Waals surface area (Å²) >= 11 is 7.88. The number of nitrogens with zero attached hydrogens (tertiary/aromatic N) is 1. The number of amides is 1. The minimum absolute atomic E-state index is 0.144. The van der Waals surface area contributed by atoms with Gasteiger partial charge < -0.3 is 9.47 Å². The number of nitrogens with one attached hydrogen (secondary N) is 1. The van der Waals surface area contributed by atoms with E-state index in [1.54, 1.807) is 43.3 Å². The highest BCUT2D eigenvalue weighted by atomic mass is 127. The Morgan fingerprint density at radius 3 is 2.62 bits per heavy atom. The van der Waals surface area contributed by atoms with E-state index in [9.17, 15) is 9.59 Å². The summed E-state index contributed by atoms with van der Waals surface area (Å²) in [6.07, 6.45) is 1.52. The lowest BCUT2D eigenvalue weighted by atomic mass is 10.2. The summed E-state index contributed by atoms with van der Waals surface area (Å²) in [5.74, 6) is -0.179. The van der Waals surface area contributed by atoms with Crippen LogP contribution in [0.2, 0.25) is 5.02 Å². The molecular weight excluding hydrogens is 471 g/mol. The summed E-state index contributed by atoms with van der Waals surface area (Å²) in [6.45, 7) is 1.91. The second-order valence-corrected chi connectivity index (χ2v) is 6.59. The van der Waals surface area contributed by atoms with Crippen LogP contribution in [0.25, 0.3) is 0 Å². The van der Waals surface area contributed by atoms with E-state index in [2.05, 4.69) is 33.1 Å². The van der Waals surface area contributed by atoms with Gasteiger partial charge in [0.25, 0.3) is 5.91 Å². The minimum atomic E-state index is -0.418. The zero-order chi connectivity index (χ0) is 18.9. The molecule has 0 bridgehead atoms. The molecule has 0 aromatic heterocycles. The fourth-order valence-corrected chi connectivity index (χ4v) is 2.71. The van der Waals surface area contributed by atoms with Crippen LogP contribution in [-0.2, 0) is 9.53 Å². The number of esters is 1. The molecule has 2 rings (SSSR count). The lowest BCUT2D eigenvalue weighted by molar-refractivity contribution is -0.145. The van der Waals surface area contributed by atoms with E-state index >= 15 is 0 Å². The summed E-state index contributed by atoms with van der Waals surface area (Å²) in [7, 11) is 0. The Bertz CT molecular complexity index is 809. The van der Waals surface area contributed by atoms with Crippen molar-refractivity contribution in [1.82, 2.24) is 5.43 Å². The number of benzene rings is 2. The average Bonchev–Trinajstić information content (AvgIpc) is 2.61. The molecule has 0 heterocycles. The zero-order valence-electron chi connectivity index (χ0n) is 13.9. The van der Waals surface area contributed by atoms with Gasteiger partial charge in [-0.2, -0.15) is 5.10 Å². The Morgan fingerprint density at radius 2 is 1.96 bits per heavy atom. The standard InChI is InChI=1S/C18H16ClIN2O4/c1-2-25-17(23)11-26-16-8-3-12(9-15(16)20)10-21-22-18(24)13-4-6-14(19)7-5-13/h3-10H,2,11H2,1H3,(H,22,24)/b21-10-. The first-order valence-corrected chi connectivity index (χ1v) is 9.12. The molecule has 0 atom stereocenters. The van der Waals surface area contributed by atoms with Gasteiger partial charge >= 0.3 is 5.97 Å². The van der Waals surface area contributed by atoms with Crippen LogP contribution in [0.5, 0.6) is 5.75 Å². The van der Waals surface area contributed by atoms with E-state index in [4.69, 9.17) is 21.1 Å². The molecule has 0 aliphatic carbocycles. The lowest BCUT2D eigenvalue weighted by Gasteiger charge is -2.08. The molecule has 0 saturated heterocycles. The van der Waals surface area contributed by atoms with Crippen LogP contribution >= 0.6 is 34.2 Å². The smallest absolute Gasteiger partial charge is 0.344 e. The predicted octanol–water partition coefficient (Wildman–Crippen LogP) is 3.65. The van der Waals surface area contributed by atoms with Gasteiger partial charge in [0.05, 0.1) is 16.4 Å². The monoisotopic (exact) mass is 486 g/mol. The van der Waals surface area contributed by atoms with Gasteiger partial charge in [-0.25, -0.2) is 10.2 Å². The van der Waals surface area contributed by atoms with Crippen LogP contribution in [0.15, 0.2) is 47.6 Å². The maximum absolute atomic E-state index is 11.9. The molecule has 8 heteroatoms. The molecule has 26 heavy (non-hydrogen) atoms. The number of hydrogen-bond donors (Lipinski definition) is 1. The fourth-order valence-electron chi connectivity index (χ4n) is 1.89. The van der Waals surface area contributed by atoms with Crippen molar-refractivity contribution in [2.75, 3.05) is 13.2 Å². The van der Waals surface area contributed by atoms with Crippen LogP contribution in [0.4, 0.5) is 0 Å². The lowest BCUT2D eigenvalue weighted by Crippen LogP contribution is -2.17. The van der Waals surface area contributed by atoms with Gasteiger partial charge in [-0.3, -0.25) is 4.79 Å². The molecule has 1 amide bonds. The summed E-state index contributed by atoms with van der Waals surface area (Å²) in [4.78, 5) is 23.3. The Labute approximate surface area is 169 Å². The number of carbonyl (C=O) groups excluding carboxylic acids is 2. The summed E-state index contributed by atoms with van der Waals surface area (Å²) in [5.41, 5.74) is 3.68. The third-order valence-electron chi connectivity index (χ3n) is 3.09. The normalized spacial score (nSPS) is 10.6.